The van der Waals surface area contributed by atoms with Crippen molar-refractivity contribution in [2.75, 3.05) is 13.1 Å². The van der Waals surface area contributed by atoms with Gasteiger partial charge in [-0.1, -0.05) is 6.92 Å². The Hall–Kier alpha value is -1.46. The highest BCUT2D eigenvalue weighted by Gasteiger charge is 2.20. The van der Waals surface area contributed by atoms with Crippen molar-refractivity contribution in [1.82, 2.24) is 25.1 Å². The summed E-state index contributed by atoms with van der Waals surface area (Å²) in [6.07, 6.45) is 3.78. The summed E-state index contributed by atoms with van der Waals surface area (Å²) in [5.41, 5.74) is 0. The van der Waals surface area contributed by atoms with Gasteiger partial charge in [0.25, 0.3) is 0 Å². The van der Waals surface area contributed by atoms with E-state index in [4.69, 9.17) is 0 Å². The Kier molecular flexibility index (Phi) is 2.94. The normalized spacial score (nSPS) is 21.7. The largest absolute Gasteiger partial charge is 0.341 e. The van der Waals surface area contributed by atoms with Crippen LogP contribution in [0, 0.1) is 5.92 Å². The maximum absolute atomic E-state index is 11.8. The molecule has 6 heteroatoms. The van der Waals surface area contributed by atoms with Gasteiger partial charge in [-0.2, -0.15) is 0 Å². The van der Waals surface area contributed by atoms with Gasteiger partial charge in [0, 0.05) is 13.1 Å². The summed E-state index contributed by atoms with van der Waals surface area (Å²) in [5, 5.41) is 10.7. The van der Waals surface area contributed by atoms with Gasteiger partial charge in [0.15, 0.2) is 0 Å². The molecular weight excluding hydrogens is 194 g/mol. The average Bonchev–Trinajstić information content (AvgIpc) is 2.70. The summed E-state index contributed by atoms with van der Waals surface area (Å²) in [6, 6.07) is 0. The second-order valence-electron chi connectivity index (χ2n) is 4.09. The number of tetrazole rings is 1. The van der Waals surface area contributed by atoms with E-state index in [0.717, 1.165) is 19.5 Å². The van der Waals surface area contributed by atoms with Gasteiger partial charge >= 0.3 is 0 Å². The molecule has 0 radical (unpaired) electrons. The fraction of sp³-hybridized carbons (Fsp3) is 0.778. The topological polar surface area (TPSA) is 63.9 Å². The number of carbonyl (C=O) groups is 1. The number of piperidine rings is 1. The molecule has 0 bridgehead atoms. The fourth-order valence-electron chi connectivity index (χ4n) is 1.91. The van der Waals surface area contributed by atoms with Crippen molar-refractivity contribution in [2.24, 2.45) is 5.92 Å². The third kappa shape index (κ3) is 2.51. The highest BCUT2D eigenvalue weighted by Crippen LogP contribution is 2.15. The van der Waals surface area contributed by atoms with Crippen molar-refractivity contribution >= 4 is 5.91 Å². The van der Waals surface area contributed by atoms with Gasteiger partial charge in [-0.05, 0) is 29.2 Å². The Bertz CT molecular complexity index is 323. The first-order valence-corrected chi connectivity index (χ1v) is 5.24. The second kappa shape index (κ2) is 4.37. The molecule has 1 aliphatic heterocycles. The van der Waals surface area contributed by atoms with E-state index in [1.807, 2.05) is 4.90 Å². The summed E-state index contributed by atoms with van der Waals surface area (Å²) in [7, 11) is 0. The van der Waals surface area contributed by atoms with E-state index < -0.39 is 0 Å². The Morgan fingerprint density at radius 2 is 2.47 bits per heavy atom. The highest BCUT2D eigenvalue weighted by molar-refractivity contribution is 5.75. The molecule has 6 nitrogen and oxygen atoms in total. The van der Waals surface area contributed by atoms with E-state index in [1.54, 1.807) is 0 Å². The van der Waals surface area contributed by atoms with Crippen LogP contribution in [0.25, 0.3) is 0 Å². The SMILES string of the molecule is CC1CCCN(C(=O)Cn2cnnn2)C1. The molecule has 2 heterocycles. The van der Waals surface area contributed by atoms with Crippen LogP contribution in [0.4, 0.5) is 0 Å². The quantitative estimate of drug-likeness (QED) is 0.684. The van der Waals surface area contributed by atoms with Gasteiger partial charge in [-0.25, -0.2) is 4.68 Å². The van der Waals surface area contributed by atoms with Gasteiger partial charge in [0.2, 0.25) is 5.91 Å². The number of hydrogen-bond donors (Lipinski definition) is 0. The third-order valence-corrected chi connectivity index (χ3v) is 2.70. The van der Waals surface area contributed by atoms with Crippen molar-refractivity contribution in [2.45, 2.75) is 26.3 Å². The maximum atomic E-state index is 11.8. The minimum atomic E-state index is 0.105. The van der Waals surface area contributed by atoms with Crippen LogP contribution in [0.3, 0.4) is 0 Å². The lowest BCUT2D eigenvalue weighted by Crippen LogP contribution is -2.40. The molecule has 0 spiro atoms. The smallest absolute Gasteiger partial charge is 0.244 e. The van der Waals surface area contributed by atoms with Crippen LogP contribution in [-0.2, 0) is 11.3 Å². The van der Waals surface area contributed by atoms with E-state index in [9.17, 15) is 4.79 Å². The zero-order valence-corrected chi connectivity index (χ0v) is 8.83. The lowest BCUT2D eigenvalue weighted by Gasteiger charge is -2.30. The Balaban J connectivity index is 1.90. The number of hydrogen-bond acceptors (Lipinski definition) is 4. The number of rotatable bonds is 2. The monoisotopic (exact) mass is 209 g/mol. The second-order valence-corrected chi connectivity index (χ2v) is 4.09. The van der Waals surface area contributed by atoms with Crippen LogP contribution >= 0.6 is 0 Å². The van der Waals surface area contributed by atoms with E-state index in [2.05, 4.69) is 22.4 Å². The molecule has 0 aromatic carbocycles. The lowest BCUT2D eigenvalue weighted by molar-refractivity contribution is -0.133. The summed E-state index contributed by atoms with van der Waals surface area (Å²) in [5.74, 6) is 0.713. The van der Waals surface area contributed by atoms with Crippen LogP contribution < -0.4 is 0 Å². The summed E-state index contributed by atoms with van der Waals surface area (Å²) in [6.45, 7) is 4.16. The first-order valence-electron chi connectivity index (χ1n) is 5.24. The summed E-state index contributed by atoms with van der Waals surface area (Å²) in [4.78, 5) is 13.7. The van der Waals surface area contributed by atoms with Crippen molar-refractivity contribution in [3.8, 4) is 0 Å². The number of carbonyl (C=O) groups excluding carboxylic acids is 1. The lowest BCUT2D eigenvalue weighted by atomic mass is 10.0. The van der Waals surface area contributed by atoms with Crippen molar-refractivity contribution < 1.29 is 4.79 Å². The molecule has 1 aromatic rings. The molecule has 15 heavy (non-hydrogen) atoms. The molecule has 1 unspecified atom stereocenters. The standard InChI is InChI=1S/C9H15N5O/c1-8-3-2-4-13(5-8)9(15)6-14-7-10-11-12-14/h7-8H,2-6H2,1H3. The van der Waals surface area contributed by atoms with Gasteiger partial charge in [0.1, 0.15) is 12.9 Å². The predicted molar refractivity (Wildman–Crippen MR) is 52.8 cm³/mol. The Morgan fingerprint density at radius 1 is 1.60 bits per heavy atom. The first kappa shape index (κ1) is 10.1. The number of amides is 1. The highest BCUT2D eigenvalue weighted by atomic mass is 16.2. The molecule has 0 N–H and O–H groups in total. The van der Waals surface area contributed by atoms with E-state index in [-0.39, 0.29) is 12.5 Å². The molecular formula is C9H15N5O. The molecule has 1 aliphatic rings. The van der Waals surface area contributed by atoms with Crippen LogP contribution in [-0.4, -0.2) is 44.1 Å². The zero-order valence-electron chi connectivity index (χ0n) is 8.83. The van der Waals surface area contributed by atoms with Gasteiger partial charge < -0.3 is 4.90 Å². The van der Waals surface area contributed by atoms with E-state index in [1.165, 1.54) is 17.4 Å². The summed E-state index contributed by atoms with van der Waals surface area (Å²) >= 11 is 0. The Labute approximate surface area is 88.2 Å². The van der Waals surface area contributed by atoms with Crippen LogP contribution in [0.1, 0.15) is 19.8 Å². The number of nitrogens with zero attached hydrogens (tertiary/aromatic N) is 5. The average molecular weight is 209 g/mol. The van der Waals surface area contributed by atoms with Gasteiger partial charge in [0.05, 0.1) is 0 Å². The molecule has 82 valence electrons. The minimum Gasteiger partial charge on any atom is -0.341 e. The molecule has 1 aromatic heterocycles. The molecule has 2 rings (SSSR count). The molecule has 0 saturated carbocycles. The van der Waals surface area contributed by atoms with Gasteiger partial charge in [-0.15, -0.1) is 5.10 Å². The first-order chi connectivity index (χ1) is 7.25. The van der Waals surface area contributed by atoms with Crippen molar-refractivity contribution in [3.63, 3.8) is 0 Å². The molecule has 1 amide bonds. The van der Waals surface area contributed by atoms with Crippen LogP contribution in [0.5, 0.6) is 0 Å². The third-order valence-electron chi connectivity index (χ3n) is 2.70. The zero-order chi connectivity index (χ0) is 10.7. The molecule has 1 fully saturated rings. The molecule has 1 saturated heterocycles. The Morgan fingerprint density at radius 3 is 3.13 bits per heavy atom. The fourth-order valence-corrected chi connectivity index (χ4v) is 1.91. The minimum absolute atomic E-state index is 0.105. The van der Waals surface area contributed by atoms with E-state index >= 15 is 0 Å². The van der Waals surface area contributed by atoms with E-state index in [0.29, 0.717) is 5.92 Å². The molecule has 1 atom stereocenters. The van der Waals surface area contributed by atoms with Crippen LogP contribution in [0.2, 0.25) is 0 Å². The van der Waals surface area contributed by atoms with Crippen molar-refractivity contribution in [3.05, 3.63) is 6.33 Å². The molecule has 0 aliphatic carbocycles. The van der Waals surface area contributed by atoms with Gasteiger partial charge in [-0.3, -0.25) is 4.79 Å². The van der Waals surface area contributed by atoms with Crippen molar-refractivity contribution in [1.29, 1.82) is 0 Å². The predicted octanol–water partition coefficient (Wildman–Crippen LogP) is -0.0684. The summed E-state index contributed by atoms with van der Waals surface area (Å²) < 4.78 is 1.46. The van der Waals surface area contributed by atoms with Crippen LogP contribution in [0.15, 0.2) is 6.33 Å². The number of likely N-dealkylation sites (tertiary alicyclic amines) is 1. The number of aromatic nitrogens is 4. The maximum Gasteiger partial charge on any atom is 0.244 e.